The van der Waals surface area contributed by atoms with Gasteiger partial charge in [0.05, 0.1) is 17.8 Å². The van der Waals surface area contributed by atoms with E-state index in [-0.39, 0.29) is 0 Å². The highest BCUT2D eigenvalue weighted by molar-refractivity contribution is 9.10. The maximum atomic E-state index is 6.23. The summed E-state index contributed by atoms with van der Waals surface area (Å²) in [5.74, 6) is 1.97. The summed E-state index contributed by atoms with van der Waals surface area (Å²) in [6, 6.07) is 5.73. The van der Waals surface area contributed by atoms with Crippen molar-refractivity contribution in [1.82, 2.24) is 10.3 Å². The number of nitrogens with zero attached hydrogens (tertiary/aromatic N) is 1. The highest BCUT2D eigenvalue weighted by atomic mass is 79.9. The predicted octanol–water partition coefficient (Wildman–Crippen LogP) is 4.50. The van der Waals surface area contributed by atoms with Crippen molar-refractivity contribution in [2.45, 2.75) is 20.4 Å². The molecule has 0 aliphatic rings. The Morgan fingerprint density at radius 2 is 2.21 bits per heavy atom. The largest absolute Gasteiger partial charge is 0.439 e. The van der Waals surface area contributed by atoms with E-state index < -0.39 is 0 Å². The lowest BCUT2D eigenvalue weighted by Crippen LogP contribution is -2.18. The standard InChI is InChI=1S/C14H16BrClN2O/c1-9(2)6-17-8-13-18-7-12(19-13)10-4-3-5-11(15)14(10)16/h3-5,7,9,17H,6,8H2,1-2H3. The summed E-state index contributed by atoms with van der Waals surface area (Å²) in [5, 5.41) is 3.93. The molecule has 5 heteroatoms. The van der Waals surface area contributed by atoms with Gasteiger partial charge in [-0.05, 0) is 40.5 Å². The molecule has 1 heterocycles. The molecule has 2 aromatic rings. The van der Waals surface area contributed by atoms with Crippen LogP contribution >= 0.6 is 27.5 Å². The van der Waals surface area contributed by atoms with E-state index in [2.05, 4.69) is 40.1 Å². The Morgan fingerprint density at radius 3 is 2.95 bits per heavy atom. The summed E-state index contributed by atoms with van der Waals surface area (Å²) < 4.78 is 6.56. The number of hydrogen-bond donors (Lipinski definition) is 1. The molecule has 0 amide bonds. The Labute approximate surface area is 126 Å². The first kappa shape index (κ1) is 14.6. The zero-order chi connectivity index (χ0) is 13.8. The summed E-state index contributed by atoms with van der Waals surface area (Å²) in [7, 11) is 0. The van der Waals surface area contributed by atoms with Gasteiger partial charge in [-0.1, -0.05) is 31.5 Å². The molecule has 0 fully saturated rings. The summed E-state index contributed by atoms with van der Waals surface area (Å²) in [5.41, 5.74) is 0.846. The highest BCUT2D eigenvalue weighted by Gasteiger charge is 2.11. The SMILES string of the molecule is CC(C)CNCc1ncc(-c2cccc(Br)c2Cl)o1. The van der Waals surface area contributed by atoms with E-state index >= 15 is 0 Å². The number of aromatic nitrogens is 1. The summed E-state index contributed by atoms with van der Waals surface area (Å²) in [6.07, 6.45) is 1.71. The van der Waals surface area contributed by atoms with Gasteiger partial charge < -0.3 is 9.73 Å². The molecule has 3 nitrogen and oxygen atoms in total. The molecule has 0 spiro atoms. The van der Waals surface area contributed by atoms with Crippen molar-refractivity contribution in [3.63, 3.8) is 0 Å². The lowest BCUT2D eigenvalue weighted by atomic mass is 10.2. The quantitative estimate of drug-likeness (QED) is 0.868. The Morgan fingerprint density at radius 1 is 1.42 bits per heavy atom. The zero-order valence-electron chi connectivity index (χ0n) is 10.9. The molecule has 0 radical (unpaired) electrons. The smallest absolute Gasteiger partial charge is 0.208 e. The van der Waals surface area contributed by atoms with Crippen molar-refractivity contribution < 1.29 is 4.42 Å². The Hall–Kier alpha value is -0.840. The van der Waals surface area contributed by atoms with Gasteiger partial charge in [0.25, 0.3) is 0 Å². The van der Waals surface area contributed by atoms with Crippen LogP contribution < -0.4 is 5.32 Å². The van der Waals surface area contributed by atoms with E-state index in [0.717, 1.165) is 16.6 Å². The third-order valence-corrected chi connectivity index (χ3v) is 3.90. The fourth-order valence-corrected chi connectivity index (χ4v) is 2.26. The number of benzene rings is 1. The minimum Gasteiger partial charge on any atom is -0.439 e. The molecule has 0 saturated carbocycles. The Balaban J connectivity index is 2.10. The van der Waals surface area contributed by atoms with Crippen molar-refractivity contribution in [2.75, 3.05) is 6.54 Å². The van der Waals surface area contributed by atoms with Crippen molar-refractivity contribution in [3.8, 4) is 11.3 Å². The van der Waals surface area contributed by atoms with Crippen LogP contribution in [-0.4, -0.2) is 11.5 Å². The summed E-state index contributed by atoms with van der Waals surface area (Å²) in [4.78, 5) is 4.26. The number of halogens is 2. The van der Waals surface area contributed by atoms with Crippen molar-refractivity contribution in [1.29, 1.82) is 0 Å². The molecule has 2 rings (SSSR count). The van der Waals surface area contributed by atoms with Gasteiger partial charge in [-0.2, -0.15) is 0 Å². The van der Waals surface area contributed by atoms with Crippen LogP contribution in [-0.2, 0) is 6.54 Å². The molecule has 102 valence electrons. The maximum absolute atomic E-state index is 6.23. The topological polar surface area (TPSA) is 38.1 Å². The minimum atomic E-state index is 0.606. The molecule has 0 saturated heterocycles. The van der Waals surface area contributed by atoms with Gasteiger partial charge in [0.1, 0.15) is 0 Å². The molecular formula is C14H16BrClN2O. The lowest BCUT2D eigenvalue weighted by molar-refractivity contribution is 0.459. The first-order chi connectivity index (χ1) is 9.08. The molecule has 0 unspecified atom stereocenters. The molecular weight excluding hydrogens is 328 g/mol. The molecule has 1 aromatic heterocycles. The number of hydrogen-bond acceptors (Lipinski definition) is 3. The minimum absolute atomic E-state index is 0.606. The molecule has 0 atom stereocenters. The average molecular weight is 344 g/mol. The fourth-order valence-electron chi connectivity index (χ4n) is 1.68. The predicted molar refractivity (Wildman–Crippen MR) is 81.2 cm³/mol. The van der Waals surface area contributed by atoms with Gasteiger partial charge in [0.15, 0.2) is 5.76 Å². The first-order valence-corrected chi connectivity index (χ1v) is 7.35. The van der Waals surface area contributed by atoms with Crippen LogP contribution in [0.15, 0.2) is 33.3 Å². The maximum Gasteiger partial charge on any atom is 0.208 e. The van der Waals surface area contributed by atoms with Gasteiger partial charge in [0.2, 0.25) is 5.89 Å². The Bertz CT molecular complexity index is 554. The molecule has 0 aliphatic carbocycles. The van der Waals surface area contributed by atoms with Crippen LogP contribution in [0, 0.1) is 5.92 Å². The van der Waals surface area contributed by atoms with E-state index in [9.17, 15) is 0 Å². The van der Waals surface area contributed by atoms with Crippen molar-refractivity contribution in [3.05, 3.63) is 39.8 Å². The third-order valence-electron chi connectivity index (χ3n) is 2.60. The van der Waals surface area contributed by atoms with Crippen LogP contribution in [0.4, 0.5) is 0 Å². The molecule has 0 aliphatic heterocycles. The van der Waals surface area contributed by atoms with Crippen LogP contribution in [0.3, 0.4) is 0 Å². The van der Waals surface area contributed by atoms with E-state index in [1.165, 1.54) is 0 Å². The van der Waals surface area contributed by atoms with E-state index in [1.807, 2.05) is 18.2 Å². The molecule has 1 aromatic carbocycles. The normalized spacial score (nSPS) is 11.2. The van der Waals surface area contributed by atoms with Gasteiger partial charge in [-0.15, -0.1) is 0 Å². The first-order valence-electron chi connectivity index (χ1n) is 6.17. The van der Waals surface area contributed by atoms with Crippen LogP contribution in [0.1, 0.15) is 19.7 Å². The second-order valence-electron chi connectivity index (χ2n) is 4.74. The average Bonchev–Trinajstić information content (AvgIpc) is 2.81. The zero-order valence-corrected chi connectivity index (χ0v) is 13.3. The molecule has 1 N–H and O–H groups in total. The summed E-state index contributed by atoms with van der Waals surface area (Å²) in [6.45, 7) is 5.89. The number of oxazole rings is 1. The van der Waals surface area contributed by atoms with Crippen LogP contribution in [0.5, 0.6) is 0 Å². The van der Waals surface area contributed by atoms with Gasteiger partial charge in [0, 0.05) is 10.0 Å². The molecule has 0 bridgehead atoms. The second kappa shape index (κ2) is 6.55. The monoisotopic (exact) mass is 342 g/mol. The van der Waals surface area contributed by atoms with Gasteiger partial charge in [-0.3, -0.25) is 0 Å². The number of rotatable bonds is 5. The Kier molecular flexibility index (Phi) is 5.02. The van der Waals surface area contributed by atoms with Crippen molar-refractivity contribution >= 4 is 27.5 Å². The lowest BCUT2D eigenvalue weighted by Gasteiger charge is -2.04. The summed E-state index contributed by atoms with van der Waals surface area (Å²) >= 11 is 9.63. The van der Waals surface area contributed by atoms with Crippen LogP contribution in [0.25, 0.3) is 11.3 Å². The van der Waals surface area contributed by atoms with E-state index in [1.54, 1.807) is 6.20 Å². The van der Waals surface area contributed by atoms with E-state index in [4.69, 9.17) is 16.0 Å². The van der Waals surface area contributed by atoms with E-state index in [0.29, 0.717) is 29.1 Å². The second-order valence-corrected chi connectivity index (χ2v) is 5.98. The highest BCUT2D eigenvalue weighted by Crippen LogP contribution is 2.33. The number of nitrogens with one attached hydrogen (secondary N) is 1. The fraction of sp³-hybridized carbons (Fsp3) is 0.357. The van der Waals surface area contributed by atoms with Crippen molar-refractivity contribution in [2.24, 2.45) is 5.92 Å². The van der Waals surface area contributed by atoms with Gasteiger partial charge >= 0.3 is 0 Å². The van der Waals surface area contributed by atoms with Crippen LogP contribution in [0.2, 0.25) is 5.02 Å². The van der Waals surface area contributed by atoms with Gasteiger partial charge in [-0.25, -0.2) is 4.98 Å². The molecule has 19 heavy (non-hydrogen) atoms. The third kappa shape index (κ3) is 3.81.